The van der Waals surface area contributed by atoms with Crippen molar-refractivity contribution in [2.75, 3.05) is 0 Å². The Labute approximate surface area is 178 Å². The van der Waals surface area contributed by atoms with Crippen molar-refractivity contribution in [3.05, 3.63) is 137 Å². The summed E-state index contributed by atoms with van der Waals surface area (Å²) in [6, 6.07) is 34.7. The minimum absolute atomic E-state index is 1.22. The number of rotatable bonds is 3. The van der Waals surface area contributed by atoms with Crippen LogP contribution in [-0.2, 0) is 0 Å². The summed E-state index contributed by atoms with van der Waals surface area (Å²) in [5.41, 5.74) is 10.4. The Morgan fingerprint density at radius 2 is 1.27 bits per heavy atom. The molecule has 0 saturated heterocycles. The van der Waals surface area contributed by atoms with Gasteiger partial charge in [0.05, 0.1) is 0 Å². The van der Waals surface area contributed by atoms with Crippen LogP contribution >= 0.6 is 0 Å². The van der Waals surface area contributed by atoms with Gasteiger partial charge in [-0.05, 0) is 69.7 Å². The van der Waals surface area contributed by atoms with Gasteiger partial charge < -0.3 is 0 Å². The van der Waals surface area contributed by atoms with E-state index in [4.69, 9.17) is 0 Å². The molecule has 1 aliphatic rings. The van der Waals surface area contributed by atoms with Crippen LogP contribution < -0.4 is 0 Å². The Kier molecular flexibility index (Phi) is 4.69. The van der Waals surface area contributed by atoms with Crippen molar-refractivity contribution < 1.29 is 0 Å². The van der Waals surface area contributed by atoms with Crippen molar-refractivity contribution in [2.45, 2.75) is 13.8 Å². The quantitative estimate of drug-likeness (QED) is 0.334. The maximum Gasteiger partial charge on any atom is -0.00264 e. The molecule has 5 rings (SSSR count). The lowest BCUT2D eigenvalue weighted by Crippen LogP contribution is -1.87. The monoisotopic (exact) mass is 384 g/mol. The van der Waals surface area contributed by atoms with E-state index in [1.54, 1.807) is 0 Å². The molecule has 30 heavy (non-hydrogen) atoms. The molecule has 144 valence electrons. The second kappa shape index (κ2) is 7.65. The normalized spacial score (nSPS) is 13.3. The molecule has 4 aromatic rings. The number of benzene rings is 4. The average Bonchev–Trinajstić information content (AvgIpc) is 3.12. The highest BCUT2D eigenvalue weighted by Gasteiger charge is 2.26. The molecule has 0 bridgehead atoms. The summed E-state index contributed by atoms with van der Waals surface area (Å²) >= 11 is 0. The fourth-order valence-corrected chi connectivity index (χ4v) is 4.45. The highest BCUT2D eigenvalue weighted by atomic mass is 14.3. The van der Waals surface area contributed by atoms with E-state index < -0.39 is 0 Å². The van der Waals surface area contributed by atoms with Crippen molar-refractivity contribution in [3.8, 4) is 0 Å². The third-order valence-corrected chi connectivity index (χ3v) is 5.78. The Balaban J connectivity index is 1.69. The summed E-state index contributed by atoms with van der Waals surface area (Å²) in [6.45, 7) is 4.42. The molecule has 0 heteroatoms. The highest BCUT2D eigenvalue weighted by molar-refractivity contribution is 6.07. The number of hydrogen-bond donors (Lipinski definition) is 0. The van der Waals surface area contributed by atoms with Crippen LogP contribution in [0.3, 0.4) is 0 Å². The van der Waals surface area contributed by atoms with Crippen LogP contribution in [0.4, 0.5) is 0 Å². The lowest BCUT2D eigenvalue weighted by Gasteiger charge is -2.08. The molecule has 0 amide bonds. The van der Waals surface area contributed by atoms with Crippen molar-refractivity contribution in [3.63, 3.8) is 0 Å². The van der Waals surface area contributed by atoms with E-state index >= 15 is 0 Å². The van der Waals surface area contributed by atoms with E-state index in [0.717, 1.165) is 0 Å². The van der Waals surface area contributed by atoms with Crippen LogP contribution in [-0.4, -0.2) is 0 Å². The van der Waals surface area contributed by atoms with Crippen molar-refractivity contribution in [2.24, 2.45) is 0 Å². The van der Waals surface area contributed by atoms with Gasteiger partial charge in [-0.1, -0.05) is 109 Å². The van der Waals surface area contributed by atoms with E-state index in [9.17, 15) is 0 Å². The predicted octanol–water partition coefficient (Wildman–Crippen LogP) is 8.16. The molecule has 1 aliphatic carbocycles. The Morgan fingerprint density at radius 3 is 2.03 bits per heavy atom. The molecule has 0 unspecified atom stereocenters. The van der Waals surface area contributed by atoms with Gasteiger partial charge in [0.25, 0.3) is 0 Å². The van der Waals surface area contributed by atoms with Gasteiger partial charge >= 0.3 is 0 Å². The molecule has 0 spiro atoms. The molecular weight excluding hydrogens is 360 g/mol. The fraction of sp³-hybridized carbons (Fsp3) is 0.0667. The van der Waals surface area contributed by atoms with Gasteiger partial charge in [-0.15, -0.1) is 0 Å². The molecule has 0 aromatic heterocycles. The van der Waals surface area contributed by atoms with Crippen LogP contribution in [0.15, 0.2) is 114 Å². The third kappa shape index (κ3) is 3.21. The highest BCUT2D eigenvalue weighted by Crippen LogP contribution is 2.46. The van der Waals surface area contributed by atoms with Gasteiger partial charge in [-0.2, -0.15) is 0 Å². The molecule has 4 aromatic carbocycles. The van der Waals surface area contributed by atoms with Gasteiger partial charge in [0.15, 0.2) is 0 Å². The second-order valence-corrected chi connectivity index (χ2v) is 8.02. The minimum atomic E-state index is 1.22. The van der Waals surface area contributed by atoms with Gasteiger partial charge in [0, 0.05) is 0 Å². The van der Waals surface area contributed by atoms with Crippen LogP contribution in [0, 0.1) is 0 Å². The molecular formula is C30H24. The zero-order valence-electron chi connectivity index (χ0n) is 17.4. The smallest absolute Gasteiger partial charge is 0.00264 e. The molecule has 0 saturated carbocycles. The predicted molar refractivity (Wildman–Crippen MR) is 130 cm³/mol. The van der Waals surface area contributed by atoms with E-state index in [-0.39, 0.29) is 0 Å². The Morgan fingerprint density at radius 1 is 0.600 bits per heavy atom. The van der Waals surface area contributed by atoms with Gasteiger partial charge in [0.1, 0.15) is 0 Å². The Bertz CT molecular complexity index is 1330. The lowest BCUT2D eigenvalue weighted by atomic mass is 9.96. The maximum atomic E-state index is 2.30. The van der Waals surface area contributed by atoms with Gasteiger partial charge in [-0.3, -0.25) is 0 Å². The molecule has 0 N–H and O–H groups in total. The summed E-state index contributed by atoms with van der Waals surface area (Å²) < 4.78 is 0. The molecule has 0 aliphatic heterocycles. The fourth-order valence-electron chi connectivity index (χ4n) is 4.45. The largest absolute Gasteiger partial charge is 0.0679 e. The first-order chi connectivity index (χ1) is 14.7. The maximum absolute atomic E-state index is 2.30. The van der Waals surface area contributed by atoms with Crippen LogP contribution in [0.2, 0.25) is 0 Å². The molecule has 0 heterocycles. The lowest BCUT2D eigenvalue weighted by molar-refractivity contribution is 1.39. The van der Waals surface area contributed by atoms with Crippen molar-refractivity contribution in [1.82, 2.24) is 0 Å². The first-order valence-electron chi connectivity index (χ1n) is 10.5. The summed E-state index contributed by atoms with van der Waals surface area (Å²) in [7, 11) is 0. The minimum Gasteiger partial charge on any atom is -0.0679 e. The van der Waals surface area contributed by atoms with Crippen LogP contribution in [0.1, 0.15) is 36.1 Å². The second-order valence-electron chi connectivity index (χ2n) is 8.02. The standard InChI is InChI=1S/C30H24/c1-21(2)29-26-14-8-9-15-27(26)30(24-11-4-3-5-12-24)28(29)19-17-22-16-18-23-10-6-7-13-25(23)20-22/h3-20H,1-2H3/b19-17+. The first-order valence-corrected chi connectivity index (χ1v) is 10.5. The van der Waals surface area contributed by atoms with E-state index in [1.165, 1.54) is 55.3 Å². The third-order valence-electron chi connectivity index (χ3n) is 5.78. The molecule has 0 fully saturated rings. The summed E-state index contributed by atoms with van der Waals surface area (Å²) in [6.07, 6.45) is 4.55. The topological polar surface area (TPSA) is 0 Å². The van der Waals surface area contributed by atoms with E-state index in [2.05, 4.69) is 123 Å². The summed E-state index contributed by atoms with van der Waals surface area (Å²) in [4.78, 5) is 0. The summed E-state index contributed by atoms with van der Waals surface area (Å²) in [5.74, 6) is 0. The van der Waals surface area contributed by atoms with Crippen LogP contribution in [0.5, 0.6) is 0 Å². The Hall–Kier alpha value is -3.64. The molecule has 0 nitrogen and oxygen atoms in total. The van der Waals surface area contributed by atoms with E-state index in [1.807, 2.05) is 0 Å². The first kappa shape index (κ1) is 18.4. The number of allylic oxidation sites excluding steroid dienone is 4. The summed E-state index contributed by atoms with van der Waals surface area (Å²) in [5, 5.41) is 2.55. The SMILES string of the molecule is CC(C)=C1C(/C=C/c2ccc3ccccc3c2)=C(c2ccccc2)c2ccccc21. The molecule has 0 atom stereocenters. The zero-order chi connectivity index (χ0) is 20.5. The van der Waals surface area contributed by atoms with Crippen molar-refractivity contribution in [1.29, 1.82) is 0 Å². The molecule has 0 radical (unpaired) electrons. The average molecular weight is 385 g/mol. The van der Waals surface area contributed by atoms with Crippen molar-refractivity contribution >= 4 is 28.0 Å². The zero-order valence-corrected chi connectivity index (χ0v) is 17.4. The number of fused-ring (bicyclic) bond motifs is 2. The van der Waals surface area contributed by atoms with E-state index in [0.29, 0.717) is 0 Å². The number of hydrogen-bond acceptors (Lipinski definition) is 0. The van der Waals surface area contributed by atoms with Gasteiger partial charge in [-0.25, -0.2) is 0 Å². The van der Waals surface area contributed by atoms with Gasteiger partial charge in [0.2, 0.25) is 0 Å². The van der Waals surface area contributed by atoms with Crippen LogP contribution in [0.25, 0.3) is 28.0 Å².